The Morgan fingerprint density at radius 3 is 2.07 bits per heavy atom. The first-order chi connectivity index (χ1) is 13.1. The van der Waals surface area contributed by atoms with Crippen molar-refractivity contribution in [1.29, 1.82) is 0 Å². The van der Waals surface area contributed by atoms with Crippen molar-refractivity contribution in [1.82, 2.24) is 10.2 Å². The van der Waals surface area contributed by atoms with Gasteiger partial charge in [0.2, 0.25) is 11.8 Å². The smallest absolute Gasteiger partial charge is 0.248 e. The van der Waals surface area contributed by atoms with E-state index in [1.807, 2.05) is 73.7 Å². The Kier molecular flexibility index (Phi) is 4.57. The van der Waals surface area contributed by atoms with Crippen molar-refractivity contribution in [3.8, 4) is 22.6 Å². The van der Waals surface area contributed by atoms with Crippen LogP contribution in [0.3, 0.4) is 0 Å². The fourth-order valence-electron chi connectivity index (χ4n) is 3.20. The molecule has 0 fully saturated rings. The van der Waals surface area contributed by atoms with E-state index in [4.69, 9.17) is 10.2 Å². The molecule has 4 nitrogen and oxygen atoms in total. The first-order valence-electron chi connectivity index (χ1n) is 8.95. The third kappa shape index (κ3) is 3.66. The molecule has 0 unspecified atom stereocenters. The maximum Gasteiger partial charge on any atom is 0.248 e. The van der Waals surface area contributed by atoms with E-state index in [0.29, 0.717) is 18.2 Å². The highest BCUT2D eigenvalue weighted by Crippen LogP contribution is 2.32. The summed E-state index contributed by atoms with van der Waals surface area (Å²) >= 11 is 0. The van der Waals surface area contributed by atoms with Gasteiger partial charge in [0.25, 0.3) is 0 Å². The predicted molar refractivity (Wildman–Crippen MR) is 107 cm³/mol. The Morgan fingerprint density at radius 1 is 0.778 bits per heavy atom. The maximum absolute atomic E-state index is 6.51. The van der Waals surface area contributed by atoms with Crippen LogP contribution in [0.15, 0.2) is 89.3 Å². The number of aromatic nitrogens is 2. The van der Waals surface area contributed by atoms with E-state index in [2.05, 4.69) is 28.4 Å². The zero-order chi connectivity index (χ0) is 18.7. The van der Waals surface area contributed by atoms with Gasteiger partial charge in [-0.3, -0.25) is 0 Å². The van der Waals surface area contributed by atoms with Gasteiger partial charge in [0, 0.05) is 5.56 Å². The minimum atomic E-state index is -0.742. The van der Waals surface area contributed by atoms with Crippen LogP contribution in [-0.2, 0) is 12.0 Å². The van der Waals surface area contributed by atoms with Gasteiger partial charge in [-0.15, -0.1) is 10.2 Å². The molecule has 1 atom stereocenters. The van der Waals surface area contributed by atoms with Gasteiger partial charge in [-0.25, -0.2) is 0 Å². The summed E-state index contributed by atoms with van der Waals surface area (Å²) in [6, 6.07) is 28.3. The van der Waals surface area contributed by atoms with Crippen LogP contribution >= 0.6 is 0 Å². The van der Waals surface area contributed by atoms with Crippen LogP contribution in [0.2, 0.25) is 0 Å². The van der Waals surface area contributed by atoms with Gasteiger partial charge in [-0.1, -0.05) is 78.9 Å². The van der Waals surface area contributed by atoms with E-state index < -0.39 is 5.54 Å². The zero-order valence-electron chi connectivity index (χ0n) is 15.2. The fraction of sp³-hybridized carbons (Fsp3) is 0.130. The normalized spacial score (nSPS) is 13.3. The van der Waals surface area contributed by atoms with Crippen LogP contribution < -0.4 is 5.73 Å². The molecule has 2 N–H and O–H groups in total. The average Bonchev–Trinajstić information content (AvgIpc) is 3.20. The summed E-state index contributed by atoms with van der Waals surface area (Å²) in [5.74, 6) is 0.915. The summed E-state index contributed by atoms with van der Waals surface area (Å²) in [7, 11) is 0. The third-order valence-electron chi connectivity index (χ3n) is 4.57. The largest absolute Gasteiger partial charge is 0.419 e. The molecule has 1 aromatic heterocycles. The fourth-order valence-corrected chi connectivity index (χ4v) is 3.20. The van der Waals surface area contributed by atoms with Crippen LogP contribution in [0.4, 0.5) is 0 Å². The molecule has 0 radical (unpaired) electrons. The van der Waals surface area contributed by atoms with Crippen molar-refractivity contribution in [2.75, 3.05) is 0 Å². The molecular formula is C23H21N3O. The predicted octanol–water partition coefficient (Wildman–Crippen LogP) is 4.82. The van der Waals surface area contributed by atoms with E-state index in [-0.39, 0.29) is 0 Å². The van der Waals surface area contributed by atoms with E-state index in [1.54, 1.807) is 0 Å². The van der Waals surface area contributed by atoms with Crippen molar-refractivity contribution in [2.24, 2.45) is 5.73 Å². The lowest BCUT2D eigenvalue weighted by Crippen LogP contribution is -2.35. The highest BCUT2D eigenvalue weighted by Gasteiger charge is 2.29. The van der Waals surface area contributed by atoms with Crippen molar-refractivity contribution in [2.45, 2.75) is 18.9 Å². The van der Waals surface area contributed by atoms with Crippen molar-refractivity contribution in [3.05, 3.63) is 96.4 Å². The van der Waals surface area contributed by atoms with Gasteiger partial charge in [-0.05, 0) is 36.1 Å². The van der Waals surface area contributed by atoms with E-state index in [1.165, 1.54) is 0 Å². The molecule has 1 heterocycles. The molecule has 3 aromatic carbocycles. The summed E-state index contributed by atoms with van der Waals surface area (Å²) < 4.78 is 6.02. The van der Waals surface area contributed by atoms with Gasteiger partial charge < -0.3 is 10.2 Å². The molecule has 0 saturated carbocycles. The molecule has 0 spiro atoms. The molecule has 134 valence electrons. The summed E-state index contributed by atoms with van der Waals surface area (Å²) in [5.41, 5.74) is 9.96. The summed E-state index contributed by atoms with van der Waals surface area (Å²) in [6.45, 7) is 1.92. The Labute approximate surface area is 158 Å². The summed E-state index contributed by atoms with van der Waals surface area (Å²) in [6.07, 6.45) is 0.621. The lowest BCUT2D eigenvalue weighted by Gasteiger charge is -2.20. The van der Waals surface area contributed by atoms with Gasteiger partial charge in [0.1, 0.15) is 0 Å². The number of nitrogens with two attached hydrogens (primary N) is 1. The second-order valence-electron chi connectivity index (χ2n) is 6.90. The Balaban J connectivity index is 1.68. The molecule has 4 rings (SSSR count). The van der Waals surface area contributed by atoms with Crippen LogP contribution in [0.5, 0.6) is 0 Å². The third-order valence-corrected chi connectivity index (χ3v) is 4.57. The molecule has 0 saturated heterocycles. The molecule has 27 heavy (non-hydrogen) atoms. The van der Waals surface area contributed by atoms with Crippen molar-refractivity contribution in [3.63, 3.8) is 0 Å². The molecule has 4 aromatic rings. The van der Waals surface area contributed by atoms with E-state index >= 15 is 0 Å². The molecule has 0 aliphatic rings. The Bertz CT molecular complexity index is 1020. The molecule has 0 aliphatic heterocycles. The van der Waals surface area contributed by atoms with E-state index in [0.717, 1.165) is 22.3 Å². The van der Waals surface area contributed by atoms with Crippen LogP contribution in [0.1, 0.15) is 18.4 Å². The lowest BCUT2D eigenvalue weighted by molar-refractivity contribution is 0.355. The molecule has 0 amide bonds. The van der Waals surface area contributed by atoms with Gasteiger partial charge in [-0.2, -0.15) is 0 Å². The number of rotatable bonds is 5. The van der Waals surface area contributed by atoms with Crippen LogP contribution in [-0.4, -0.2) is 10.2 Å². The second-order valence-corrected chi connectivity index (χ2v) is 6.90. The summed E-state index contributed by atoms with van der Waals surface area (Å²) in [5, 5.41) is 8.54. The van der Waals surface area contributed by atoms with Crippen molar-refractivity contribution >= 4 is 0 Å². The first kappa shape index (κ1) is 17.2. The lowest BCUT2D eigenvalue weighted by atomic mass is 9.94. The number of nitrogens with zero attached hydrogens (tertiary/aromatic N) is 2. The number of hydrogen-bond donors (Lipinski definition) is 1. The molecular weight excluding hydrogens is 334 g/mol. The molecule has 4 heteroatoms. The molecule has 0 aliphatic carbocycles. The van der Waals surface area contributed by atoms with Crippen LogP contribution in [0.25, 0.3) is 22.6 Å². The quantitative estimate of drug-likeness (QED) is 0.557. The zero-order valence-corrected chi connectivity index (χ0v) is 15.2. The first-order valence-corrected chi connectivity index (χ1v) is 8.95. The minimum absolute atomic E-state index is 0.434. The highest BCUT2D eigenvalue weighted by molar-refractivity contribution is 5.79. The second kappa shape index (κ2) is 7.17. The van der Waals surface area contributed by atoms with Crippen molar-refractivity contribution < 1.29 is 4.42 Å². The standard InChI is InChI=1S/C23H21N3O/c1-23(24,16-17-10-4-2-5-11-17)22-26-25-21(27-22)20-15-9-8-14-19(20)18-12-6-3-7-13-18/h2-15H,16,24H2,1H3/t23-/m1/s1. The SMILES string of the molecule is C[C@@](N)(Cc1ccccc1)c1nnc(-c2ccccc2-c2ccccc2)o1. The Morgan fingerprint density at radius 2 is 1.37 bits per heavy atom. The molecule has 0 bridgehead atoms. The minimum Gasteiger partial charge on any atom is -0.419 e. The Hall–Kier alpha value is -3.24. The van der Waals surface area contributed by atoms with Gasteiger partial charge in [0.05, 0.1) is 5.54 Å². The maximum atomic E-state index is 6.51. The van der Waals surface area contributed by atoms with Crippen LogP contribution in [0, 0.1) is 0 Å². The average molecular weight is 355 g/mol. The monoisotopic (exact) mass is 355 g/mol. The summed E-state index contributed by atoms with van der Waals surface area (Å²) in [4.78, 5) is 0. The van der Waals surface area contributed by atoms with Gasteiger partial charge >= 0.3 is 0 Å². The van der Waals surface area contributed by atoms with Gasteiger partial charge in [0.15, 0.2) is 0 Å². The highest BCUT2D eigenvalue weighted by atomic mass is 16.4. The van der Waals surface area contributed by atoms with E-state index in [9.17, 15) is 0 Å². The number of benzene rings is 3. The number of hydrogen-bond acceptors (Lipinski definition) is 4. The topological polar surface area (TPSA) is 64.9 Å².